The minimum atomic E-state index is -0.826. The number of hydrogen-bond donors (Lipinski definition) is 0. The van der Waals surface area contributed by atoms with Gasteiger partial charge in [0.2, 0.25) is 0 Å². The minimum absolute atomic E-state index is 0.597. The van der Waals surface area contributed by atoms with Crippen LogP contribution in [-0.4, -0.2) is 9.52 Å². The van der Waals surface area contributed by atoms with Crippen LogP contribution >= 0.6 is 17.0 Å². The molecule has 0 fully saturated rings. The van der Waals surface area contributed by atoms with Crippen LogP contribution in [0.2, 0.25) is 13.1 Å². The molecule has 8 aromatic rings. The van der Waals surface area contributed by atoms with Gasteiger partial charge in [-0.1, -0.05) is 185 Å². The van der Waals surface area contributed by atoms with Crippen molar-refractivity contribution in [3.8, 4) is 44.5 Å². The molecule has 2 radical (unpaired) electrons. The summed E-state index contributed by atoms with van der Waals surface area (Å²) in [7, 11) is 11.0. The zero-order valence-corrected chi connectivity index (χ0v) is 40.3. The summed E-state index contributed by atoms with van der Waals surface area (Å²) in [6.07, 6.45) is 2.34. The van der Waals surface area contributed by atoms with Crippen LogP contribution in [0.5, 0.6) is 0 Å². The van der Waals surface area contributed by atoms with E-state index < -0.39 is 20.8 Å². The Morgan fingerprint density at radius 3 is 1.14 bits per heavy atom. The second-order valence-electron chi connectivity index (χ2n) is 15.1. The van der Waals surface area contributed by atoms with Crippen molar-refractivity contribution < 1.29 is 20.8 Å². The number of hydrogen-bond acceptors (Lipinski definition) is 0. The number of aryl methyl sites for hydroxylation is 2. The van der Waals surface area contributed by atoms with Gasteiger partial charge in [-0.25, -0.2) is 0 Å². The summed E-state index contributed by atoms with van der Waals surface area (Å²) in [5.74, 6) is 1.19. The number of fused-ring (bicyclic) bond motifs is 2. The Morgan fingerprint density at radius 2 is 0.810 bits per heavy atom. The van der Waals surface area contributed by atoms with Gasteiger partial charge in [-0.2, -0.15) is 12.1 Å². The molecule has 0 heterocycles. The third kappa shape index (κ3) is 10.9. The van der Waals surface area contributed by atoms with Gasteiger partial charge in [-0.3, -0.25) is 0 Å². The summed E-state index contributed by atoms with van der Waals surface area (Å²) in [6, 6.07) is 57.6. The molecule has 0 nitrogen and oxygen atoms in total. The van der Waals surface area contributed by atoms with E-state index in [1.807, 2.05) is 0 Å². The van der Waals surface area contributed by atoms with Gasteiger partial charge in [0.25, 0.3) is 0 Å². The predicted molar refractivity (Wildman–Crippen MR) is 257 cm³/mol. The van der Waals surface area contributed by atoms with E-state index in [1.165, 1.54) is 101 Å². The monoisotopic (exact) mass is 892 g/mol. The molecule has 0 aromatic heterocycles. The molecule has 58 heavy (non-hydrogen) atoms. The molecule has 294 valence electrons. The third-order valence-electron chi connectivity index (χ3n) is 11.2. The molecule has 0 N–H and O–H groups in total. The van der Waals surface area contributed by atoms with Crippen molar-refractivity contribution in [2.45, 2.75) is 79.3 Å². The second-order valence-corrected chi connectivity index (χ2v) is 19.8. The summed E-state index contributed by atoms with van der Waals surface area (Å²) in [6.45, 7) is 17.9. The van der Waals surface area contributed by atoms with Crippen LogP contribution in [0.15, 0.2) is 158 Å². The molecular formula is C54H56Cl2SiZr. The van der Waals surface area contributed by atoms with Crippen molar-refractivity contribution in [3.05, 3.63) is 180 Å². The Kier molecular flexibility index (Phi) is 17.6. The zero-order valence-electron chi connectivity index (χ0n) is 35.3. The molecule has 2 atom stereocenters. The van der Waals surface area contributed by atoms with E-state index >= 15 is 0 Å². The molecule has 4 heteroatoms. The quantitative estimate of drug-likeness (QED) is 0.105. The fourth-order valence-electron chi connectivity index (χ4n) is 7.72. The molecule has 2 unspecified atom stereocenters. The van der Waals surface area contributed by atoms with Gasteiger partial charge in [0.15, 0.2) is 0 Å². The zero-order chi connectivity index (χ0) is 41.6. The van der Waals surface area contributed by atoms with E-state index in [0.29, 0.717) is 11.8 Å². The third-order valence-corrected chi connectivity index (χ3v) is 11.2. The Bertz CT molecular complexity index is 2300. The Labute approximate surface area is 369 Å². The van der Waals surface area contributed by atoms with Gasteiger partial charge in [0.05, 0.1) is 0 Å². The van der Waals surface area contributed by atoms with Gasteiger partial charge in [0, 0.05) is 9.52 Å². The Morgan fingerprint density at radius 1 is 0.500 bits per heavy atom. The number of halogens is 2. The fourth-order valence-corrected chi connectivity index (χ4v) is 7.72. The van der Waals surface area contributed by atoms with Crippen molar-refractivity contribution in [1.82, 2.24) is 0 Å². The van der Waals surface area contributed by atoms with Crippen LogP contribution in [0.3, 0.4) is 0 Å². The van der Waals surface area contributed by atoms with E-state index in [2.05, 4.69) is 212 Å². The summed E-state index contributed by atoms with van der Waals surface area (Å²) in [5, 5.41) is 5.46. The first-order valence-electron chi connectivity index (χ1n) is 20.4. The van der Waals surface area contributed by atoms with Crippen molar-refractivity contribution in [3.63, 3.8) is 0 Å². The van der Waals surface area contributed by atoms with Gasteiger partial charge in [-0.15, -0.1) is 69.1 Å². The summed E-state index contributed by atoms with van der Waals surface area (Å²) >= 11 is -0.826. The average molecular weight is 895 g/mol. The van der Waals surface area contributed by atoms with Gasteiger partial charge >= 0.3 is 37.9 Å². The standard InChI is InChI=1S/2C26H25.C2H6Si.2ClH.Zr/c2*1-4-18(2)22-16-21-15-14-19(3)26(25(21)17-22)24-13-9-8-12-23(24)20-10-6-5-7-11-20;1-3-2;;;/h2*5-18H,4H2,1-3H3;1-2H3;2*1H;/q2*-1;;;;+4/p-2. The van der Waals surface area contributed by atoms with Crippen molar-refractivity contribution in [2.75, 3.05) is 0 Å². The van der Waals surface area contributed by atoms with E-state index in [-0.39, 0.29) is 0 Å². The van der Waals surface area contributed by atoms with Gasteiger partial charge in [-0.05, 0) is 59.1 Å². The second kappa shape index (κ2) is 22.6. The van der Waals surface area contributed by atoms with Crippen LogP contribution in [0.25, 0.3) is 66.1 Å². The molecule has 0 saturated heterocycles. The van der Waals surface area contributed by atoms with Crippen molar-refractivity contribution in [1.29, 1.82) is 0 Å². The molecule has 0 aliphatic rings. The van der Waals surface area contributed by atoms with E-state index in [4.69, 9.17) is 17.0 Å². The Balaban J connectivity index is 0.000000195. The first kappa shape index (κ1) is 45.3. The van der Waals surface area contributed by atoms with Crippen molar-refractivity contribution in [2.24, 2.45) is 0 Å². The topological polar surface area (TPSA) is 0 Å². The van der Waals surface area contributed by atoms with Crippen LogP contribution in [0.4, 0.5) is 0 Å². The van der Waals surface area contributed by atoms with Crippen LogP contribution in [-0.2, 0) is 20.8 Å². The molecule has 0 saturated carbocycles. The van der Waals surface area contributed by atoms with Gasteiger partial charge < -0.3 is 0 Å². The first-order valence-corrected chi connectivity index (χ1v) is 28.8. The summed E-state index contributed by atoms with van der Waals surface area (Å²) in [5.41, 5.74) is 16.1. The first-order chi connectivity index (χ1) is 28.2. The summed E-state index contributed by atoms with van der Waals surface area (Å²) < 4.78 is 0. The normalized spacial score (nSPS) is 11.6. The maximum atomic E-state index is 4.93. The van der Waals surface area contributed by atoms with Crippen molar-refractivity contribution >= 4 is 48.1 Å². The molecular weight excluding hydrogens is 839 g/mol. The van der Waals surface area contributed by atoms with Crippen LogP contribution in [0, 0.1) is 13.8 Å². The molecule has 8 rings (SSSR count). The predicted octanol–water partition coefficient (Wildman–Crippen LogP) is 17.6. The Hall–Kier alpha value is -3.78. The average Bonchev–Trinajstić information content (AvgIpc) is 3.90. The SMILES string of the molecule is CCC(C)c1cc2c(-c3ccccc3-c3ccccc3)c(C)ccc2[cH-]1.CCC(C)c1cc2c(-c3ccccc3-c3ccccc3)c(C)ccc2[cH-]1.C[Si]C.[Cl][Zr+2][Cl]. The number of rotatable bonds is 8. The van der Waals surface area contributed by atoms with Gasteiger partial charge in [0.1, 0.15) is 0 Å². The van der Waals surface area contributed by atoms with Crippen LogP contribution < -0.4 is 0 Å². The molecule has 0 bridgehead atoms. The number of benzene rings is 6. The molecule has 8 aromatic carbocycles. The molecule has 0 aliphatic heterocycles. The summed E-state index contributed by atoms with van der Waals surface area (Å²) in [4.78, 5) is 0. The van der Waals surface area contributed by atoms with Crippen LogP contribution in [0.1, 0.15) is 74.6 Å². The molecule has 0 spiro atoms. The molecule has 0 aliphatic carbocycles. The molecule has 0 amide bonds. The van der Waals surface area contributed by atoms with E-state index in [0.717, 1.165) is 9.52 Å². The fraction of sp³-hybridized carbons (Fsp3) is 0.222. The van der Waals surface area contributed by atoms with E-state index in [1.54, 1.807) is 0 Å². The maximum absolute atomic E-state index is 4.93. The van der Waals surface area contributed by atoms with E-state index in [9.17, 15) is 0 Å².